The Hall–Kier alpha value is 0.140. The van der Waals surface area contributed by atoms with Gasteiger partial charge in [-0.2, -0.15) is 0 Å². The maximum Gasteiger partial charge on any atom is 0.0962 e. The number of benzene rings is 1. The van der Waals surface area contributed by atoms with E-state index in [1.807, 2.05) is 18.2 Å². The second kappa shape index (κ2) is 3.32. The van der Waals surface area contributed by atoms with E-state index in [0.717, 1.165) is 0 Å². The quantitative estimate of drug-likeness (QED) is 0.830. The lowest BCUT2D eigenvalue weighted by Crippen LogP contribution is -2.08. The van der Waals surface area contributed by atoms with Crippen molar-refractivity contribution in [3.8, 4) is 0 Å². The van der Waals surface area contributed by atoms with Crippen molar-refractivity contribution in [2.24, 2.45) is 5.41 Å². The average Bonchev–Trinajstić information content (AvgIpc) is 2.63. The van der Waals surface area contributed by atoms with Crippen LogP contribution in [-0.4, -0.2) is 14.9 Å². The molecule has 3 heteroatoms. The van der Waals surface area contributed by atoms with Gasteiger partial charge in [-0.25, -0.2) is 0 Å². The van der Waals surface area contributed by atoms with Crippen molar-refractivity contribution in [3.63, 3.8) is 0 Å². The van der Waals surface area contributed by atoms with Crippen LogP contribution in [0.5, 0.6) is 0 Å². The van der Waals surface area contributed by atoms with E-state index in [4.69, 9.17) is 0 Å². The van der Waals surface area contributed by atoms with E-state index in [0.29, 0.717) is 5.92 Å². The molecule has 0 heterocycles. The van der Waals surface area contributed by atoms with E-state index < -0.39 is 0 Å². The average molecular weight is 320 g/mol. The van der Waals surface area contributed by atoms with Crippen molar-refractivity contribution in [1.29, 1.82) is 0 Å². The molecule has 1 N–H and O–H groups in total. The summed E-state index contributed by atoms with van der Waals surface area (Å²) < 4.78 is -0.150. The van der Waals surface area contributed by atoms with Gasteiger partial charge in [-0.3, -0.25) is 0 Å². The molecule has 76 valence electrons. The molecule has 1 aromatic rings. The lowest BCUT2D eigenvalue weighted by Gasteiger charge is -2.06. The van der Waals surface area contributed by atoms with E-state index in [1.54, 1.807) is 0 Å². The zero-order valence-corrected chi connectivity index (χ0v) is 11.0. The Balaban J connectivity index is 2.32. The fraction of sp³-hybridized carbons (Fsp3) is 0.455. The number of rotatable bonds is 2. The highest BCUT2D eigenvalue weighted by Crippen LogP contribution is 2.75. The highest BCUT2D eigenvalue weighted by atomic mass is 79.9. The predicted molar refractivity (Wildman–Crippen MR) is 65.0 cm³/mol. The molecule has 2 atom stereocenters. The Morgan fingerprint density at radius 3 is 2.29 bits per heavy atom. The van der Waals surface area contributed by atoms with Gasteiger partial charge in [0.25, 0.3) is 0 Å². The fourth-order valence-corrected chi connectivity index (χ4v) is 4.02. The zero-order valence-electron chi connectivity index (χ0n) is 7.87. The van der Waals surface area contributed by atoms with Gasteiger partial charge >= 0.3 is 0 Å². The van der Waals surface area contributed by atoms with Crippen molar-refractivity contribution in [2.75, 3.05) is 6.61 Å². The van der Waals surface area contributed by atoms with Gasteiger partial charge < -0.3 is 5.11 Å². The van der Waals surface area contributed by atoms with E-state index in [9.17, 15) is 5.11 Å². The van der Waals surface area contributed by atoms with Crippen molar-refractivity contribution < 1.29 is 5.11 Å². The molecule has 1 nitrogen and oxygen atoms in total. The molecule has 0 radical (unpaired) electrons. The summed E-state index contributed by atoms with van der Waals surface area (Å²) in [5.74, 6) is 0.334. The molecule has 1 fully saturated rings. The molecular formula is C11H12Br2O. The van der Waals surface area contributed by atoms with Gasteiger partial charge in [-0.15, -0.1) is 0 Å². The van der Waals surface area contributed by atoms with E-state index in [2.05, 4.69) is 50.9 Å². The van der Waals surface area contributed by atoms with Crippen molar-refractivity contribution in [2.45, 2.75) is 16.1 Å². The molecule has 0 bridgehead atoms. The molecule has 0 aromatic heterocycles. The largest absolute Gasteiger partial charge is 0.396 e. The van der Waals surface area contributed by atoms with E-state index >= 15 is 0 Å². The maximum atomic E-state index is 9.37. The van der Waals surface area contributed by atoms with Gasteiger partial charge in [-0.1, -0.05) is 69.1 Å². The third-order valence-electron chi connectivity index (χ3n) is 3.14. The second-order valence-electron chi connectivity index (χ2n) is 4.04. The molecule has 1 aliphatic carbocycles. The minimum Gasteiger partial charge on any atom is -0.396 e. The van der Waals surface area contributed by atoms with Crippen LogP contribution in [0.15, 0.2) is 30.3 Å². The Morgan fingerprint density at radius 1 is 1.29 bits per heavy atom. The van der Waals surface area contributed by atoms with Gasteiger partial charge in [0, 0.05) is 11.3 Å². The standard InChI is InChI=1S/C11H12Br2O/c1-10(7-14)9(11(10,12)13)8-5-3-2-4-6-8/h2-6,9,14H,7H2,1H3/t9-,10-/m0/s1. The summed E-state index contributed by atoms with van der Waals surface area (Å²) in [6, 6.07) is 10.3. The van der Waals surface area contributed by atoms with Crippen molar-refractivity contribution in [3.05, 3.63) is 35.9 Å². The molecular weight excluding hydrogens is 308 g/mol. The van der Waals surface area contributed by atoms with E-state index in [-0.39, 0.29) is 15.3 Å². The third kappa shape index (κ3) is 1.29. The van der Waals surface area contributed by atoms with Crippen LogP contribution in [-0.2, 0) is 0 Å². The SMILES string of the molecule is C[C@]1(CO)[C@H](c2ccccc2)C1(Br)Br. The minimum atomic E-state index is -0.150. The lowest BCUT2D eigenvalue weighted by molar-refractivity contribution is 0.220. The van der Waals surface area contributed by atoms with Gasteiger partial charge in [0.05, 0.1) is 9.84 Å². The summed E-state index contributed by atoms with van der Waals surface area (Å²) in [5, 5.41) is 9.37. The molecule has 1 aromatic carbocycles. The van der Waals surface area contributed by atoms with Gasteiger partial charge in [0.1, 0.15) is 0 Å². The summed E-state index contributed by atoms with van der Waals surface area (Å²) in [4.78, 5) is 0. The molecule has 1 aliphatic rings. The first-order valence-corrected chi connectivity index (χ1v) is 6.16. The van der Waals surface area contributed by atoms with Gasteiger partial charge in [0.2, 0.25) is 0 Å². The smallest absolute Gasteiger partial charge is 0.0962 e. The Bertz CT molecular complexity index is 336. The third-order valence-corrected chi connectivity index (χ3v) is 5.87. The Labute approximate surface area is 101 Å². The summed E-state index contributed by atoms with van der Waals surface area (Å²) in [6.45, 7) is 2.26. The van der Waals surface area contributed by atoms with Crippen LogP contribution in [0.25, 0.3) is 0 Å². The van der Waals surface area contributed by atoms with Crippen LogP contribution in [0.4, 0.5) is 0 Å². The topological polar surface area (TPSA) is 20.2 Å². The normalized spacial score (nSPS) is 34.1. The summed E-state index contributed by atoms with van der Waals surface area (Å²) in [6.07, 6.45) is 0. The fourth-order valence-electron chi connectivity index (χ4n) is 2.00. The number of aliphatic hydroxyl groups is 1. The van der Waals surface area contributed by atoms with Crippen LogP contribution in [0.1, 0.15) is 18.4 Å². The number of alkyl halides is 2. The second-order valence-corrected chi connectivity index (χ2v) is 7.61. The monoisotopic (exact) mass is 318 g/mol. The Kier molecular flexibility index (Phi) is 2.53. The first kappa shape index (κ1) is 10.7. The molecule has 2 rings (SSSR count). The molecule has 1 saturated carbocycles. The van der Waals surface area contributed by atoms with Crippen molar-refractivity contribution >= 4 is 31.9 Å². The van der Waals surface area contributed by atoms with Crippen LogP contribution < -0.4 is 0 Å². The highest BCUT2D eigenvalue weighted by molar-refractivity contribution is 9.25. The number of hydrogen-bond acceptors (Lipinski definition) is 1. The predicted octanol–water partition coefficient (Wildman–Crippen LogP) is 3.27. The number of halogens is 2. The maximum absolute atomic E-state index is 9.37. The van der Waals surface area contributed by atoms with Gasteiger partial charge in [0.15, 0.2) is 0 Å². The molecule has 0 unspecified atom stereocenters. The molecule has 0 saturated heterocycles. The van der Waals surface area contributed by atoms with Crippen LogP contribution in [0.3, 0.4) is 0 Å². The van der Waals surface area contributed by atoms with E-state index in [1.165, 1.54) is 5.56 Å². The van der Waals surface area contributed by atoms with Crippen LogP contribution in [0, 0.1) is 5.41 Å². The van der Waals surface area contributed by atoms with Crippen molar-refractivity contribution in [1.82, 2.24) is 0 Å². The first-order chi connectivity index (χ1) is 6.54. The summed E-state index contributed by atoms with van der Waals surface area (Å²) >= 11 is 7.26. The van der Waals surface area contributed by atoms with Crippen LogP contribution in [0.2, 0.25) is 0 Å². The summed E-state index contributed by atoms with van der Waals surface area (Å²) in [7, 11) is 0. The highest BCUT2D eigenvalue weighted by Gasteiger charge is 2.71. The lowest BCUT2D eigenvalue weighted by atomic mass is 10.0. The number of aliphatic hydroxyl groups excluding tert-OH is 1. The first-order valence-electron chi connectivity index (χ1n) is 4.57. The Morgan fingerprint density at radius 2 is 1.86 bits per heavy atom. The summed E-state index contributed by atoms with van der Waals surface area (Å²) in [5.41, 5.74) is 1.16. The molecule has 0 amide bonds. The molecule has 0 spiro atoms. The zero-order chi connectivity index (χ0) is 10.4. The van der Waals surface area contributed by atoms with Crippen LogP contribution >= 0.6 is 31.9 Å². The molecule has 14 heavy (non-hydrogen) atoms. The van der Waals surface area contributed by atoms with Gasteiger partial charge in [-0.05, 0) is 5.56 Å². The minimum absolute atomic E-state index is 0.103. The number of hydrogen-bond donors (Lipinski definition) is 1. The molecule has 0 aliphatic heterocycles.